The van der Waals surface area contributed by atoms with Crippen LogP contribution in [0.25, 0.3) is 0 Å². The molecule has 0 unspecified atom stereocenters. The van der Waals surface area contributed by atoms with Gasteiger partial charge < -0.3 is 5.11 Å². The lowest BCUT2D eigenvalue weighted by molar-refractivity contribution is 0.281. The third kappa shape index (κ3) is 4.55. The Bertz CT molecular complexity index is 336. The van der Waals surface area contributed by atoms with Gasteiger partial charge in [-0.1, -0.05) is 6.07 Å². The zero-order chi connectivity index (χ0) is 11.5. The van der Waals surface area contributed by atoms with Gasteiger partial charge in [0.1, 0.15) is 0 Å². The third-order valence-electron chi connectivity index (χ3n) is 1.65. The van der Waals surface area contributed by atoms with E-state index < -0.39 is 0 Å². The third-order valence-corrected chi connectivity index (χ3v) is 3.87. The maximum Gasteiger partial charge on any atom is 0.0682 e. The average molecular weight is 290 g/mol. The molecule has 2 N–H and O–H groups in total. The topological polar surface area (TPSA) is 32.3 Å². The number of halogens is 1. The second-order valence-electron chi connectivity index (χ2n) is 4.38. The highest BCUT2D eigenvalue weighted by Gasteiger charge is 2.10. The average Bonchev–Trinajstić information content (AvgIpc) is 2.15. The molecule has 1 aromatic rings. The van der Waals surface area contributed by atoms with Crippen LogP contribution in [-0.2, 0) is 6.61 Å². The summed E-state index contributed by atoms with van der Waals surface area (Å²) in [6, 6.07) is 5.84. The summed E-state index contributed by atoms with van der Waals surface area (Å²) in [5.74, 6) is 0. The predicted molar refractivity (Wildman–Crippen MR) is 68.8 cm³/mol. The van der Waals surface area contributed by atoms with E-state index in [9.17, 15) is 0 Å². The van der Waals surface area contributed by atoms with Crippen LogP contribution in [0.2, 0.25) is 0 Å². The number of rotatable bonds is 3. The highest BCUT2D eigenvalue weighted by atomic mass is 79.9. The molecule has 0 fully saturated rings. The number of hydrogen-bond donors (Lipinski definition) is 2. The number of benzene rings is 1. The molecule has 15 heavy (non-hydrogen) atoms. The maximum atomic E-state index is 9.04. The minimum Gasteiger partial charge on any atom is -0.392 e. The van der Waals surface area contributed by atoms with Gasteiger partial charge in [-0.3, -0.25) is 4.72 Å². The van der Waals surface area contributed by atoms with E-state index in [0.717, 1.165) is 14.9 Å². The van der Waals surface area contributed by atoms with Crippen molar-refractivity contribution in [2.75, 3.05) is 0 Å². The van der Waals surface area contributed by atoms with Crippen LogP contribution in [0, 0.1) is 0 Å². The van der Waals surface area contributed by atoms with Gasteiger partial charge in [-0.2, -0.15) is 0 Å². The first-order valence-electron chi connectivity index (χ1n) is 4.76. The summed E-state index contributed by atoms with van der Waals surface area (Å²) >= 11 is 5.06. The summed E-state index contributed by atoms with van der Waals surface area (Å²) in [4.78, 5) is 1.09. The van der Waals surface area contributed by atoms with Crippen molar-refractivity contribution >= 4 is 27.9 Å². The Morgan fingerprint density at radius 2 is 2.07 bits per heavy atom. The van der Waals surface area contributed by atoms with Gasteiger partial charge in [-0.05, 0) is 66.3 Å². The summed E-state index contributed by atoms with van der Waals surface area (Å²) in [5, 5.41) is 9.04. The van der Waals surface area contributed by atoms with Gasteiger partial charge in [0.25, 0.3) is 0 Å². The lowest BCUT2D eigenvalue weighted by atomic mass is 10.1. The number of nitrogens with one attached hydrogen (secondary N) is 1. The minimum atomic E-state index is 0.0688. The van der Waals surface area contributed by atoms with Crippen LogP contribution in [0.1, 0.15) is 26.3 Å². The monoisotopic (exact) mass is 289 g/mol. The van der Waals surface area contributed by atoms with E-state index >= 15 is 0 Å². The highest BCUT2D eigenvalue weighted by molar-refractivity contribution is 9.10. The fourth-order valence-electron chi connectivity index (χ4n) is 0.932. The van der Waals surface area contributed by atoms with Crippen LogP contribution in [0.3, 0.4) is 0 Å². The van der Waals surface area contributed by atoms with Crippen LogP contribution in [0.15, 0.2) is 27.6 Å². The maximum absolute atomic E-state index is 9.04. The summed E-state index contributed by atoms with van der Waals surface area (Å²) in [5.41, 5.74) is 0.996. The van der Waals surface area contributed by atoms with Crippen molar-refractivity contribution in [3.63, 3.8) is 0 Å². The quantitative estimate of drug-likeness (QED) is 0.837. The molecule has 0 bridgehead atoms. The van der Waals surface area contributed by atoms with E-state index in [1.807, 2.05) is 18.2 Å². The molecular weight excluding hydrogens is 274 g/mol. The normalized spacial score (nSPS) is 11.8. The van der Waals surface area contributed by atoms with Crippen molar-refractivity contribution in [1.29, 1.82) is 0 Å². The van der Waals surface area contributed by atoms with E-state index in [-0.39, 0.29) is 12.1 Å². The number of aliphatic hydroxyl groups excluding tert-OH is 1. The molecule has 0 aromatic heterocycles. The Kier molecular flexibility index (Phi) is 4.64. The van der Waals surface area contributed by atoms with Crippen molar-refractivity contribution < 1.29 is 5.11 Å². The molecule has 0 amide bonds. The van der Waals surface area contributed by atoms with E-state index in [2.05, 4.69) is 41.4 Å². The van der Waals surface area contributed by atoms with Gasteiger partial charge in [0.05, 0.1) is 6.61 Å². The molecule has 0 atom stereocenters. The van der Waals surface area contributed by atoms with Crippen molar-refractivity contribution in [2.24, 2.45) is 0 Å². The fraction of sp³-hybridized carbons (Fsp3) is 0.455. The molecule has 1 rings (SSSR count). The molecule has 1 aromatic carbocycles. The first-order valence-corrected chi connectivity index (χ1v) is 6.36. The minimum absolute atomic E-state index is 0.0688. The molecule has 0 aliphatic heterocycles. The van der Waals surface area contributed by atoms with Crippen LogP contribution < -0.4 is 4.72 Å². The number of aliphatic hydroxyl groups is 1. The second kappa shape index (κ2) is 5.34. The van der Waals surface area contributed by atoms with Crippen molar-refractivity contribution in [3.8, 4) is 0 Å². The summed E-state index contributed by atoms with van der Waals surface area (Å²) in [6.45, 7) is 6.42. The van der Waals surface area contributed by atoms with Gasteiger partial charge >= 0.3 is 0 Å². The lowest BCUT2D eigenvalue weighted by Gasteiger charge is -2.20. The zero-order valence-electron chi connectivity index (χ0n) is 9.17. The summed E-state index contributed by atoms with van der Waals surface area (Å²) in [6.07, 6.45) is 0. The lowest BCUT2D eigenvalue weighted by Crippen LogP contribution is -2.29. The molecule has 2 nitrogen and oxygen atoms in total. The first kappa shape index (κ1) is 13.0. The van der Waals surface area contributed by atoms with E-state index in [1.165, 1.54) is 0 Å². The van der Waals surface area contributed by atoms with Crippen LogP contribution in [0.4, 0.5) is 0 Å². The zero-order valence-corrected chi connectivity index (χ0v) is 11.6. The van der Waals surface area contributed by atoms with Gasteiger partial charge in [0.15, 0.2) is 0 Å². The summed E-state index contributed by atoms with van der Waals surface area (Å²) in [7, 11) is 0. The molecule has 0 spiro atoms. The first-order chi connectivity index (χ1) is 6.92. The molecule has 0 saturated carbocycles. The van der Waals surface area contributed by atoms with Gasteiger partial charge in [-0.15, -0.1) is 0 Å². The van der Waals surface area contributed by atoms with Crippen LogP contribution in [0.5, 0.6) is 0 Å². The molecule has 0 aliphatic carbocycles. The van der Waals surface area contributed by atoms with Crippen molar-refractivity contribution in [2.45, 2.75) is 37.8 Å². The van der Waals surface area contributed by atoms with Gasteiger partial charge in [-0.25, -0.2) is 0 Å². The Morgan fingerprint density at radius 1 is 1.40 bits per heavy atom. The predicted octanol–water partition coefficient (Wildman–Crippen LogP) is 3.34. The van der Waals surface area contributed by atoms with E-state index in [0.29, 0.717) is 0 Å². The molecular formula is C11H16BrNOS. The van der Waals surface area contributed by atoms with Crippen LogP contribution in [-0.4, -0.2) is 10.6 Å². The van der Waals surface area contributed by atoms with Crippen molar-refractivity contribution in [1.82, 2.24) is 4.72 Å². The van der Waals surface area contributed by atoms with Crippen LogP contribution >= 0.6 is 27.9 Å². The van der Waals surface area contributed by atoms with Crippen molar-refractivity contribution in [3.05, 3.63) is 28.2 Å². The largest absolute Gasteiger partial charge is 0.392 e. The Hall–Kier alpha value is -0.0300. The molecule has 0 saturated heterocycles. The SMILES string of the molecule is CC(C)(C)NSc1cc(CO)ccc1Br. The van der Waals surface area contributed by atoms with E-state index in [1.54, 1.807) is 11.9 Å². The number of hydrogen-bond acceptors (Lipinski definition) is 3. The highest BCUT2D eigenvalue weighted by Crippen LogP contribution is 2.28. The molecule has 0 aliphatic rings. The van der Waals surface area contributed by atoms with E-state index in [4.69, 9.17) is 5.11 Å². The standard InChI is InChI=1S/C11H16BrNOS/c1-11(2,3)13-15-10-6-8(7-14)4-5-9(10)12/h4-6,13-14H,7H2,1-3H3. The Balaban J connectivity index is 2.75. The molecule has 84 valence electrons. The molecule has 0 radical (unpaired) electrons. The molecule has 0 heterocycles. The smallest absolute Gasteiger partial charge is 0.0682 e. The Morgan fingerprint density at radius 3 is 2.60 bits per heavy atom. The second-order valence-corrected chi connectivity index (χ2v) is 6.08. The fourth-order valence-corrected chi connectivity index (χ4v) is 2.21. The Labute approximate surface area is 104 Å². The summed E-state index contributed by atoms with van der Waals surface area (Å²) < 4.78 is 4.38. The van der Waals surface area contributed by atoms with Gasteiger partial charge in [0, 0.05) is 14.9 Å². The van der Waals surface area contributed by atoms with Gasteiger partial charge in [0.2, 0.25) is 0 Å². The molecule has 4 heteroatoms.